The first kappa shape index (κ1) is 17.9. The van der Waals surface area contributed by atoms with Gasteiger partial charge in [0.25, 0.3) is 0 Å². The van der Waals surface area contributed by atoms with Gasteiger partial charge in [0, 0.05) is 5.02 Å². The van der Waals surface area contributed by atoms with Crippen LogP contribution in [0.25, 0.3) is 0 Å². The predicted octanol–water partition coefficient (Wildman–Crippen LogP) is 2.28. The fraction of sp³-hybridized carbons (Fsp3) is 0.176. The highest BCUT2D eigenvalue weighted by molar-refractivity contribution is 8.04. The van der Waals surface area contributed by atoms with Crippen molar-refractivity contribution >= 4 is 35.2 Å². The number of carbonyl (C=O) groups is 2. The summed E-state index contributed by atoms with van der Waals surface area (Å²) >= 11 is 7.22. The Morgan fingerprint density at radius 1 is 1.31 bits per heavy atom. The Balaban J connectivity index is 2.21. The van der Waals surface area contributed by atoms with Crippen LogP contribution in [0.4, 0.5) is 0 Å². The molecular formula is C17H11ClN4O3S. The first-order valence-corrected chi connectivity index (χ1v) is 8.67. The largest absolute Gasteiger partial charge is 0.481 e. The maximum absolute atomic E-state index is 12.6. The van der Waals surface area contributed by atoms with E-state index in [1.807, 2.05) is 12.1 Å². The standard InChI is InChI=1S/C17H11ClN4O3S/c18-11-4-2-1-3-8(11)14-9(6-19)15(21)22-16(25)12(5-13(23)24)26-17(22)10(14)7-20/h1-4,12,14H,5,21H2,(H,23,24). The molecular weight excluding hydrogens is 376 g/mol. The molecule has 0 radical (unpaired) electrons. The number of hydrogen-bond donors (Lipinski definition) is 2. The average molecular weight is 387 g/mol. The van der Waals surface area contributed by atoms with E-state index in [4.69, 9.17) is 22.4 Å². The van der Waals surface area contributed by atoms with E-state index in [-0.39, 0.29) is 22.0 Å². The van der Waals surface area contributed by atoms with Crippen molar-refractivity contribution in [2.75, 3.05) is 0 Å². The van der Waals surface area contributed by atoms with Gasteiger partial charge in [-0.1, -0.05) is 41.6 Å². The number of benzene rings is 1. The molecule has 0 aliphatic carbocycles. The van der Waals surface area contributed by atoms with E-state index in [0.29, 0.717) is 10.6 Å². The molecule has 9 heteroatoms. The lowest BCUT2D eigenvalue weighted by atomic mass is 9.83. The van der Waals surface area contributed by atoms with Gasteiger partial charge in [-0.2, -0.15) is 10.5 Å². The number of allylic oxidation sites excluding steroid dienone is 2. The van der Waals surface area contributed by atoms with Gasteiger partial charge < -0.3 is 10.8 Å². The minimum Gasteiger partial charge on any atom is -0.481 e. The molecule has 2 heterocycles. The van der Waals surface area contributed by atoms with Gasteiger partial charge in [-0.15, -0.1) is 0 Å². The molecule has 2 unspecified atom stereocenters. The Morgan fingerprint density at radius 2 is 1.96 bits per heavy atom. The van der Waals surface area contributed by atoms with E-state index in [0.717, 1.165) is 16.7 Å². The number of nitrogens with zero attached hydrogens (tertiary/aromatic N) is 3. The van der Waals surface area contributed by atoms with Crippen LogP contribution in [0.5, 0.6) is 0 Å². The highest BCUT2D eigenvalue weighted by Crippen LogP contribution is 2.50. The zero-order chi connectivity index (χ0) is 19.0. The van der Waals surface area contributed by atoms with Crippen LogP contribution in [0.3, 0.4) is 0 Å². The molecule has 1 fully saturated rings. The van der Waals surface area contributed by atoms with E-state index in [9.17, 15) is 20.1 Å². The number of halogens is 1. The molecule has 3 N–H and O–H groups in total. The Morgan fingerprint density at radius 3 is 2.54 bits per heavy atom. The number of carbonyl (C=O) groups excluding carboxylic acids is 1. The lowest BCUT2D eigenvalue weighted by Gasteiger charge is -2.30. The molecule has 0 aromatic heterocycles. The van der Waals surface area contributed by atoms with Gasteiger partial charge in [-0.05, 0) is 11.6 Å². The normalized spacial score (nSPS) is 22.1. The Hall–Kier alpha value is -2.94. The Bertz CT molecular complexity index is 973. The zero-order valence-corrected chi connectivity index (χ0v) is 14.7. The van der Waals surface area contributed by atoms with E-state index < -0.39 is 29.5 Å². The number of fused-ring (bicyclic) bond motifs is 1. The van der Waals surface area contributed by atoms with Gasteiger partial charge >= 0.3 is 5.97 Å². The summed E-state index contributed by atoms with van der Waals surface area (Å²) in [5.74, 6) is -2.60. The maximum Gasteiger partial charge on any atom is 0.305 e. The lowest BCUT2D eigenvalue weighted by molar-refractivity contribution is -0.139. The molecule has 0 spiro atoms. The van der Waals surface area contributed by atoms with Crippen molar-refractivity contribution in [3.05, 3.63) is 56.8 Å². The third kappa shape index (κ3) is 2.70. The van der Waals surface area contributed by atoms with Crippen LogP contribution >= 0.6 is 23.4 Å². The molecule has 26 heavy (non-hydrogen) atoms. The van der Waals surface area contributed by atoms with Gasteiger partial charge in [0.15, 0.2) is 0 Å². The lowest BCUT2D eigenvalue weighted by Crippen LogP contribution is -2.37. The molecule has 7 nitrogen and oxygen atoms in total. The summed E-state index contributed by atoms with van der Waals surface area (Å²) in [4.78, 5) is 24.7. The molecule has 130 valence electrons. The van der Waals surface area contributed by atoms with Gasteiger partial charge in [0.2, 0.25) is 5.91 Å². The van der Waals surface area contributed by atoms with E-state index >= 15 is 0 Å². The van der Waals surface area contributed by atoms with Crippen LogP contribution in [-0.2, 0) is 9.59 Å². The molecule has 1 saturated heterocycles. The van der Waals surface area contributed by atoms with Crippen molar-refractivity contribution in [3.63, 3.8) is 0 Å². The number of nitrogens with two attached hydrogens (primary N) is 1. The minimum absolute atomic E-state index is 0.0309. The fourth-order valence-corrected chi connectivity index (χ4v) is 4.50. The number of aliphatic carboxylic acids is 1. The summed E-state index contributed by atoms with van der Waals surface area (Å²) in [5, 5.41) is 28.0. The van der Waals surface area contributed by atoms with Crippen molar-refractivity contribution in [3.8, 4) is 12.1 Å². The molecule has 0 bridgehead atoms. The summed E-state index contributed by atoms with van der Waals surface area (Å²) in [5.41, 5.74) is 6.77. The number of hydrogen-bond acceptors (Lipinski definition) is 6. The predicted molar refractivity (Wildman–Crippen MR) is 94.1 cm³/mol. The molecule has 1 amide bonds. The summed E-state index contributed by atoms with van der Waals surface area (Å²) < 4.78 is 0. The second kappa shape index (κ2) is 6.75. The third-order valence-electron chi connectivity index (χ3n) is 4.09. The molecule has 2 aliphatic heterocycles. The quantitative estimate of drug-likeness (QED) is 0.814. The second-order valence-electron chi connectivity index (χ2n) is 5.57. The first-order chi connectivity index (χ1) is 12.4. The van der Waals surface area contributed by atoms with Crippen LogP contribution in [-0.4, -0.2) is 27.1 Å². The molecule has 3 rings (SSSR count). The molecule has 2 atom stereocenters. The Labute approximate surface area is 157 Å². The van der Waals surface area contributed by atoms with Crippen LogP contribution in [0.2, 0.25) is 5.02 Å². The topological polar surface area (TPSA) is 131 Å². The molecule has 1 aromatic rings. The van der Waals surface area contributed by atoms with E-state index in [1.54, 1.807) is 24.3 Å². The highest BCUT2D eigenvalue weighted by Gasteiger charge is 2.47. The number of nitriles is 2. The SMILES string of the molecule is N#CC1=C(N)N2C(=O)C(CC(=O)O)SC2=C(C#N)C1c1ccccc1Cl. The molecule has 1 aromatic carbocycles. The summed E-state index contributed by atoms with van der Waals surface area (Å²) in [7, 11) is 0. The van der Waals surface area contributed by atoms with Gasteiger partial charge in [-0.25, -0.2) is 0 Å². The number of thioether (sulfide) groups is 1. The van der Waals surface area contributed by atoms with E-state index in [1.165, 1.54) is 0 Å². The van der Waals surface area contributed by atoms with Crippen molar-refractivity contribution in [1.29, 1.82) is 10.5 Å². The van der Waals surface area contributed by atoms with Crippen molar-refractivity contribution in [1.82, 2.24) is 4.90 Å². The van der Waals surface area contributed by atoms with Crippen LogP contribution in [0.15, 0.2) is 46.3 Å². The summed E-state index contributed by atoms with van der Waals surface area (Å²) in [6.45, 7) is 0. The Kier molecular flexibility index (Phi) is 4.64. The van der Waals surface area contributed by atoms with Crippen molar-refractivity contribution in [2.45, 2.75) is 17.6 Å². The van der Waals surface area contributed by atoms with Crippen LogP contribution in [0, 0.1) is 22.7 Å². The smallest absolute Gasteiger partial charge is 0.305 e. The van der Waals surface area contributed by atoms with Gasteiger partial charge in [0.05, 0.1) is 40.7 Å². The third-order valence-corrected chi connectivity index (χ3v) is 5.72. The number of carboxylic acid groups (broad SMARTS) is 1. The molecule has 0 saturated carbocycles. The van der Waals surface area contributed by atoms with Crippen molar-refractivity contribution in [2.24, 2.45) is 5.73 Å². The van der Waals surface area contributed by atoms with Gasteiger partial charge in [0.1, 0.15) is 11.1 Å². The maximum atomic E-state index is 12.6. The van der Waals surface area contributed by atoms with Crippen LogP contribution in [0.1, 0.15) is 17.9 Å². The number of amides is 1. The summed E-state index contributed by atoms with van der Waals surface area (Å²) in [6.07, 6.45) is -0.409. The van der Waals surface area contributed by atoms with Gasteiger partial charge in [-0.3, -0.25) is 14.5 Å². The number of rotatable bonds is 3. The van der Waals surface area contributed by atoms with Crippen molar-refractivity contribution < 1.29 is 14.7 Å². The minimum atomic E-state index is -1.14. The first-order valence-electron chi connectivity index (χ1n) is 7.41. The zero-order valence-electron chi connectivity index (χ0n) is 13.1. The van der Waals surface area contributed by atoms with Crippen LogP contribution < -0.4 is 5.73 Å². The van der Waals surface area contributed by atoms with E-state index in [2.05, 4.69) is 0 Å². The highest BCUT2D eigenvalue weighted by atomic mass is 35.5. The fourth-order valence-electron chi connectivity index (χ4n) is 2.97. The second-order valence-corrected chi connectivity index (χ2v) is 7.17. The average Bonchev–Trinajstić information content (AvgIpc) is 2.91. The monoisotopic (exact) mass is 386 g/mol. The molecule has 2 aliphatic rings. The summed E-state index contributed by atoms with van der Waals surface area (Å²) in [6, 6.07) is 10.8. The number of carboxylic acids is 1.